The predicted octanol–water partition coefficient (Wildman–Crippen LogP) is 2.18. The molecule has 0 radical (unpaired) electrons. The average Bonchev–Trinajstić information content (AvgIpc) is 1.88. The maximum absolute atomic E-state index is 10.9. The van der Waals surface area contributed by atoms with E-state index >= 15 is 0 Å². The summed E-state index contributed by atoms with van der Waals surface area (Å²) in [7, 11) is 0. The molecule has 0 spiro atoms. The Hall–Kier alpha value is -0.590. The summed E-state index contributed by atoms with van der Waals surface area (Å²) < 4.78 is 0. The van der Waals surface area contributed by atoms with Crippen molar-refractivity contribution in [1.82, 2.24) is 0 Å². The Bertz CT molecular complexity index is 158. The molecule has 0 aromatic carbocycles. The van der Waals surface area contributed by atoms with E-state index in [-0.39, 0.29) is 5.92 Å². The molecule has 0 fully saturated rings. The van der Waals surface area contributed by atoms with Gasteiger partial charge in [0.2, 0.25) is 0 Å². The summed E-state index contributed by atoms with van der Waals surface area (Å²) in [6.07, 6.45) is 6.42. The first kappa shape index (κ1) is 7.52. The fourth-order valence-electron chi connectivity index (χ4n) is 1.30. The van der Waals surface area contributed by atoms with E-state index in [4.69, 9.17) is 0 Å². The Labute approximate surface area is 62.1 Å². The van der Waals surface area contributed by atoms with Crippen molar-refractivity contribution >= 4 is 5.78 Å². The maximum Gasteiger partial charge on any atom is 0.136 e. The molecule has 56 valence electrons. The van der Waals surface area contributed by atoms with Crippen molar-refractivity contribution in [3.05, 3.63) is 12.2 Å². The summed E-state index contributed by atoms with van der Waals surface area (Å²) in [5, 5.41) is 0. The zero-order chi connectivity index (χ0) is 7.56. The van der Waals surface area contributed by atoms with Crippen LogP contribution in [0.1, 0.15) is 26.7 Å². The smallest absolute Gasteiger partial charge is 0.136 e. The normalized spacial score (nSPS) is 32.2. The molecule has 10 heavy (non-hydrogen) atoms. The van der Waals surface area contributed by atoms with Crippen molar-refractivity contribution in [2.24, 2.45) is 11.8 Å². The SMILES string of the molecule is CC(=O)[C@@H]1C=C[C@H](C)CC1. The van der Waals surface area contributed by atoms with Crippen molar-refractivity contribution in [1.29, 1.82) is 0 Å². The minimum atomic E-state index is 0.219. The van der Waals surface area contributed by atoms with Gasteiger partial charge in [-0.25, -0.2) is 0 Å². The quantitative estimate of drug-likeness (QED) is 0.507. The van der Waals surface area contributed by atoms with E-state index in [1.54, 1.807) is 6.92 Å². The van der Waals surface area contributed by atoms with E-state index in [1.807, 2.05) is 0 Å². The first-order valence-electron chi connectivity index (χ1n) is 3.89. The molecular formula is C9H14O. The largest absolute Gasteiger partial charge is 0.299 e. The predicted molar refractivity (Wildman–Crippen MR) is 41.7 cm³/mol. The number of hydrogen-bond acceptors (Lipinski definition) is 1. The van der Waals surface area contributed by atoms with Gasteiger partial charge in [-0.05, 0) is 25.7 Å². The maximum atomic E-state index is 10.9. The van der Waals surface area contributed by atoms with Crippen LogP contribution >= 0.6 is 0 Å². The Morgan fingerprint density at radius 2 is 2.10 bits per heavy atom. The molecule has 1 aliphatic rings. The van der Waals surface area contributed by atoms with Gasteiger partial charge in [-0.3, -0.25) is 4.79 Å². The topological polar surface area (TPSA) is 17.1 Å². The van der Waals surface area contributed by atoms with Gasteiger partial charge in [0.25, 0.3) is 0 Å². The van der Waals surface area contributed by atoms with Gasteiger partial charge >= 0.3 is 0 Å². The minimum Gasteiger partial charge on any atom is -0.299 e. The molecule has 0 aliphatic heterocycles. The van der Waals surface area contributed by atoms with Crippen LogP contribution in [-0.4, -0.2) is 5.78 Å². The molecule has 2 atom stereocenters. The third kappa shape index (κ3) is 1.69. The van der Waals surface area contributed by atoms with Crippen LogP contribution in [-0.2, 0) is 4.79 Å². The molecule has 0 heterocycles. The van der Waals surface area contributed by atoms with Crippen LogP contribution in [0.4, 0.5) is 0 Å². The standard InChI is InChI=1S/C9H14O/c1-7-3-5-9(6-4-7)8(2)10/h3,5,7,9H,4,6H2,1-2H3/t7-,9+/m0/s1. The molecule has 0 aromatic heterocycles. The van der Waals surface area contributed by atoms with Crippen molar-refractivity contribution < 1.29 is 4.79 Å². The molecule has 0 unspecified atom stereocenters. The zero-order valence-electron chi connectivity index (χ0n) is 6.63. The third-order valence-electron chi connectivity index (χ3n) is 2.13. The molecule has 1 rings (SSSR count). The second-order valence-corrected chi connectivity index (χ2v) is 3.16. The lowest BCUT2D eigenvalue weighted by Crippen LogP contribution is -2.13. The van der Waals surface area contributed by atoms with E-state index in [0.717, 1.165) is 6.42 Å². The molecule has 1 aliphatic carbocycles. The highest BCUT2D eigenvalue weighted by Gasteiger charge is 2.15. The number of Topliss-reactive ketones (excluding diaryl/α,β-unsaturated/α-hetero) is 1. The van der Waals surface area contributed by atoms with Crippen LogP contribution in [0.15, 0.2) is 12.2 Å². The summed E-state index contributed by atoms with van der Waals surface area (Å²) in [6.45, 7) is 3.86. The lowest BCUT2D eigenvalue weighted by molar-refractivity contribution is -0.119. The van der Waals surface area contributed by atoms with E-state index in [9.17, 15) is 4.79 Å². The van der Waals surface area contributed by atoms with Crippen molar-refractivity contribution in [2.45, 2.75) is 26.7 Å². The summed E-state index contributed by atoms with van der Waals surface area (Å²) >= 11 is 0. The van der Waals surface area contributed by atoms with Crippen LogP contribution in [0, 0.1) is 11.8 Å². The summed E-state index contributed by atoms with van der Waals surface area (Å²) in [5.74, 6) is 1.20. The Balaban J connectivity index is 2.53. The highest BCUT2D eigenvalue weighted by atomic mass is 16.1. The number of ketones is 1. The number of carbonyl (C=O) groups excluding carboxylic acids is 1. The van der Waals surface area contributed by atoms with Gasteiger partial charge < -0.3 is 0 Å². The number of allylic oxidation sites excluding steroid dienone is 2. The third-order valence-corrected chi connectivity index (χ3v) is 2.13. The highest BCUT2D eigenvalue weighted by molar-refractivity contribution is 5.80. The lowest BCUT2D eigenvalue weighted by Gasteiger charge is -2.17. The van der Waals surface area contributed by atoms with Crippen LogP contribution in [0.3, 0.4) is 0 Å². The Kier molecular flexibility index (Phi) is 2.25. The van der Waals surface area contributed by atoms with Crippen molar-refractivity contribution in [3.63, 3.8) is 0 Å². The van der Waals surface area contributed by atoms with Crippen molar-refractivity contribution in [2.75, 3.05) is 0 Å². The Morgan fingerprint density at radius 3 is 2.50 bits per heavy atom. The van der Waals surface area contributed by atoms with Gasteiger partial charge in [-0.2, -0.15) is 0 Å². The molecule has 0 saturated carbocycles. The first-order valence-corrected chi connectivity index (χ1v) is 3.89. The summed E-state index contributed by atoms with van der Waals surface area (Å²) in [4.78, 5) is 10.9. The molecule has 0 aromatic rings. The monoisotopic (exact) mass is 138 g/mol. The van der Waals surface area contributed by atoms with E-state index < -0.39 is 0 Å². The van der Waals surface area contributed by atoms with Gasteiger partial charge in [-0.15, -0.1) is 0 Å². The molecular weight excluding hydrogens is 124 g/mol. The minimum absolute atomic E-state index is 0.219. The van der Waals surface area contributed by atoms with Gasteiger partial charge in [0, 0.05) is 5.92 Å². The second kappa shape index (κ2) is 3.00. The van der Waals surface area contributed by atoms with E-state index in [2.05, 4.69) is 19.1 Å². The zero-order valence-corrected chi connectivity index (χ0v) is 6.63. The first-order chi connectivity index (χ1) is 4.70. The van der Waals surface area contributed by atoms with Gasteiger partial charge in [0.05, 0.1) is 0 Å². The number of rotatable bonds is 1. The molecule has 1 heteroatoms. The van der Waals surface area contributed by atoms with Gasteiger partial charge in [0.15, 0.2) is 0 Å². The molecule has 1 nitrogen and oxygen atoms in total. The van der Waals surface area contributed by atoms with Gasteiger partial charge in [0.1, 0.15) is 5.78 Å². The average molecular weight is 138 g/mol. The lowest BCUT2D eigenvalue weighted by atomic mass is 9.88. The number of hydrogen-bond donors (Lipinski definition) is 0. The highest BCUT2D eigenvalue weighted by Crippen LogP contribution is 2.21. The van der Waals surface area contributed by atoms with Crippen LogP contribution in [0.5, 0.6) is 0 Å². The molecule has 0 saturated heterocycles. The Morgan fingerprint density at radius 1 is 1.40 bits per heavy atom. The summed E-state index contributed by atoms with van der Waals surface area (Å²) in [5.41, 5.74) is 0. The fourth-order valence-corrected chi connectivity index (χ4v) is 1.30. The van der Waals surface area contributed by atoms with Crippen LogP contribution < -0.4 is 0 Å². The molecule has 0 bridgehead atoms. The second-order valence-electron chi connectivity index (χ2n) is 3.16. The number of carbonyl (C=O) groups is 1. The van der Waals surface area contributed by atoms with Crippen molar-refractivity contribution in [3.8, 4) is 0 Å². The molecule has 0 amide bonds. The molecule has 0 N–H and O–H groups in total. The summed E-state index contributed by atoms with van der Waals surface area (Å²) in [6, 6.07) is 0. The van der Waals surface area contributed by atoms with E-state index in [1.165, 1.54) is 6.42 Å². The van der Waals surface area contributed by atoms with Gasteiger partial charge in [-0.1, -0.05) is 19.1 Å². The van der Waals surface area contributed by atoms with Crippen LogP contribution in [0.25, 0.3) is 0 Å². The van der Waals surface area contributed by atoms with E-state index in [0.29, 0.717) is 11.7 Å². The van der Waals surface area contributed by atoms with Crippen LogP contribution in [0.2, 0.25) is 0 Å². The fraction of sp³-hybridized carbons (Fsp3) is 0.667.